The molecule has 0 fully saturated rings. The largest absolute Gasteiger partial charge is 0.121 e. The van der Waals surface area contributed by atoms with Crippen molar-refractivity contribution >= 4 is 23.2 Å². The molecule has 0 saturated heterocycles. The van der Waals surface area contributed by atoms with E-state index in [9.17, 15) is 0 Å². The summed E-state index contributed by atoms with van der Waals surface area (Å²) in [5.41, 5.74) is 2.30. The highest BCUT2D eigenvalue weighted by Gasteiger charge is 1.99. The van der Waals surface area contributed by atoms with E-state index < -0.39 is 0 Å². The van der Waals surface area contributed by atoms with Gasteiger partial charge < -0.3 is 0 Å². The van der Waals surface area contributed by atoms with Gasteiger partial charge in [-0.2, -0.15) is 0 Å². The van der Waals surface area contributed by atoms with E-state index in [-0.39, 0.29) is 0 Å². The van der Waals surface area contributed by atoms with Crippen molar-refractivity contribution in [3.63, 3.8) is 0 Å². The van der Waals surface area contributed by atoms with Crippen molar-refractivity contribution in [1.82, 2.24) is 0 Å². The van der Waals surface area contributed by atoms with Crippen LogP contribution in [0.25, 0.3) is 0 Å². The van der Waals surface area contributed by atoms with Crippen molar-refractivity contribution in [3.8, 4) is 0 Å². The minimum absolute atomic E-state index is 0.491. The van der Waals surface area contributed by atoms with Crippen LogP contribution < -0.4 is 0 Å². The molecule has 0 amide bonds. The Labute approximate surface area is 83.5 Å². The normalized spacial score (nSPS) is 10.2. The molecular weight excluding hydrogens is 191 g/mol. The molecule has 0 atom stereocenters. The lowest BCUT2D eigenvalue weighted by Crippen LogP contribution is -1.86. The molecule has 1 aromatic carbocycles. The van der Waals surface area contributed by atoms with Crippen molar-refractivity contribution in [1.29, 1.82) is 0 Å². The van der Waals surface area contributed by atoms with Gasteiger partial charge in [-0.25, -0.2) is 0 Å². The van der Waals surface area contributed by atoms with Gasteiger partial charge in [-0.05, 0) is 23.6 Å². The van der Waals surface area contributed by atoms with Gasteiger partial charge in [-0.3, -0.25) is 0 Å². The van der Waals surface area contributed by atoms with Crippen LogP contribution in [-0.2, 0) is 12.3 Å². The fourth-order valence-electron chi connectivity index (χ4n) is 1.14. The van der Waals surface area contributed by atoms with Gasteiger partial charge in [0.05, 0.1) is 0 Å². The van der Waals surface area contributed by atoms with Crippen molar-refractivity contribution in [2.75, 3.05) is 0 Å². The summed E-state index contributed by atoms with van der Waals surface area (Å²) in [6, 6.07) is 6.09. The quantitative estimate of drug-likeness (QED) is 0.650. The summed E-state index contributed by atoms with van der Waals surface area (Å²) in [6.07, 6.45) is 2.23. The van der Waals surface area contributed by atoms with Gasteiger partial charge in [0, 0.05) is 10.9 Å². The van der Waals surface area contributed by atoms with E-state index in [1.165, 1.54) is 5.56 Å². The van der Waals surface area contributed by atoms with E-state index >= 15 is 0 Å². The van der Waals surface area contributed by atoms with Crippen molar-refractivity contribution in [3.05, 3.63) is 34.3 Å². The Balaban J connectivity index is 2.86. The summed E-state index contributed by atoms with van der Waals surface area (Å²) in [7, 11) is 0. The van der Waals surface area contributed by atoms with E-state index in [1.807, 2.05) is 12.1 Å². The Morgan fingerprint density at radius 3 is 2.58 bits per heavy atom. The SMILES string of the molecule is CCCc1ccc(CCl)c(Cl)c1. The molecule has 1 rings (SSSR count). The Morgan fingerprint density at radius 1 is 1.33 bits per heavy atom. The molecule has 66 valence electrons. The molecule has 0 aliphatic heterocycles. The topological polar surface area (TPSA) is 0 Å². The van der Waals surface area contributed by atoms with Gasteiger partial charge >= 0.3 is 0 Å². The maximum atomic E-state index is 5.98. The van der Waals surface area contributed by atoms with Crippen LogP contribution in [0.4, 0.5) is 0 Å². The zero-order valence-corrected chi connectivity index (χ0v) is 8.62. The predicted molar refractivity (Wildman–Crippen MR) is 55.0 cm³/mol. The number of hydrogen-bond acceptors (Lipinski definition) is 0. The molecule has 0 radical (unpaired) electrons. The Morgan fingerprint density at radius 2 is 2.08 bits per heavy atom. The van der Waals surface area contributed by atoms with Crippen molar-refractivity contribution in [2.24, 2.45) is 0 Å². The Hall–Kier alpha value is -0.200. The molecule has 2 heteroatoms. The lowest BCUT2D eigenvalue weighted by Gasteiger charge is -2.02. The van der Waals surface area contributed by atoms with Crippen LogP contribution in [0.15, 0.2) is 18.2 Å². The van der Waals surface area contributed by atoms with Crippen LogP contribution in [0, 0.1) is 0 Å². The third-order valence-corrected chi connectivity index (χ3v) is 2.44. The summed E-state index contributed by atoms with van der Waals surface area (Å²) in [5.74, 6) is 0.491. The van der Waals surface area contributed by atoms with Gasteiger partial charge in [0.2, 0.25) is 0 Å². The third kappa shape index (κ3) is 2.40. The first-order chi connectivity index (χ1) is 5.77. The first-order valence-corrected chi connectivity index (χ1v) is 5.02. The number of rotatable bonds is 3. The first kappa shape index (κ1) is 9.88. The van der Waals surface area contributed by atoms with Crippen LogP contribution in [0.5, 0.6) is 0 Å². The number of alkyl halides is 1. The zero-order chi connectivity index (χ0) is 8.97. The van der Waals surface area contributed by atoms with E-state index in [2.05, 4.69) is 13.0 Å². The molecule has 0 spiro atoms. The summed E-state index contributed by atoms with van der Waals surface area (Å²) < 4.78 is 0. The predicted octanol–water partition coefficient (Wildman–Crippen LogP) is 4.03. The van der Waals surface area contributed by atoms with Gasteiger partial charge in [0.25, 0.3) is 0 Å². The summed E-state index contributed by atoms with van der Waals surface area (Å²) >= 11 is 11.7. The second-order valence-electron chi connectivity index (χ2n) is 2.81. The fourth-order valence-corrected chi connectivity index (χ4v) is 1.71. The van der Waals surface area contributed by atoms with Gasteiger partial charge in [0.15, 0.2) is 0 Å². The second-order valence-corrected chi connectivity index (χ2v) is 3.48. The molecular formula is C10H12Cl2. The molecule has 0 unspecified atom stereocenters. The van der Waals surface area contributed by atoms with Crippen molar-refractivity contribution < 1.29 is 0 Å². The van der Waals surface area contributed by atoms with Crippen molar-refractivity contribution in [2.45, 2.75) is 25.6 Å². The fraction of sp³-hybridized carbons (Fsp3) is 0.400. The highest BCUT2D eigenvalue weighted by molar-refractivity contribution is 6.32. The molecule has 0 saturated carbocycles. The second kappa shape index (κ2) is 4.74. The van der Waals surface area contributed by atoms with Crippen LogP contribution in [0.2, 0.25) is 5.02 Å². The number of halogens is 2. The minimum Gasteiger partial charge on any atom is -0.121 e. The standard InChI is InChI=1S/C10H12Cl2/c1-2-3-8-4-5-9(7-11)10(12)6-8/h4-6H,2-3,7H2,1H3. The van der Waals surface area contributed by atoms with E-state index in [0.717, 1.165) is 23.4 Å². The van der Waals surface area contributed by atoms with Gasteiger partial charge in [-0.1, -0.05) is 37.1 Å². The molecule has 0 aromatic heterocycles. The molecule has 0 N–H and O–H groups in total. The van der Waals surface area contributed by atoms with Crippen LogP contribution in [-0.4, -0.2) is 0 Å². The Bertz CT molecular complexity index is 256. The summed E-state index contributed by atoms with van der Waals surface area (Å²) in [5, 5.41) is 0.788. The van der Waals surface area contributed by atoms with Crippen LogP contribution in [0.1, 0.15) is 24.5 Å². The average molecular weight is 203 g/mol. The maximum Gasteiger partial charge on any atom is 0.0488 e. The highest BCUT2D eigenvalue weighted by Crippen LogP contribution is 2.20. The molecule has 0 bridgehead atoms. The van der Waals surface area contributed by atoms with E-state index in [0.29, 0.717) is 5.88 Å². The first-order valence-electron chi connectivity index (χ1n) is 4.11. The average Bonchev–Trinajstić information content (AvgIpc) is 2.05. The highest BCUT2D eigenvalue weighted by atomic mass is 35.5. The summed E-state index contributed by atoms with van der Waals surface area (Å²) in [4.78, 5) is 0. The monoisotopic (exact) mass is 202 g/mol. The van der Waals surface area contributed by atoms with Gasteiger partial charge in [0.1, 0.15) is 0 Å². The molecule has 0 aliphatic rings. The number of aryl methyl sites for hydroxylation is 1. The summed E-state index contributed by atoms with van der Waals surface area (Å²) in [6.45, 7) is 2.16. The molecule has 0 heterocycles. The number of hydrogen-bond donors (Lipinski definition) is 0. The third-order valence-electron chi connectivity index (χ3n) is 1.80. The minimum atomic E-state index is 0.491. The molecule has 0 nitrogen and oxygen atoms in total. The van der Waals surface area contributed by atoms with E-state index in [1.54, 1.807) is 0 Å². The zero-order valence-electron chi connectivity index (χ0n) is 7.11. The van der Waals surface area contributed by atoms with Crippen LogP contribution >= 0.6 is 23.2 Å². The van der Waals surface area contributed by atoms with E-state index in [4.69, 9.17) is 23.2 Å². The molecule has 12 heavy (non-hydrogen) atoms. The molecule has 0 aliphatic carbocycles. The smallest absolute Gasteiger partial charge is 0.0488 e. The van der Waals surface area contributed by atoms with Crippen LogP contribution in [0.3, 0.4) is 0 Å². The lowest BCUT2D eigenvalue weighted by molar-refractivity contribution is 0.921. The molecule has 1 aromatic rings. The Kier molecular flexibility index (Phi) is 3.90. The number of benzene rings is 1. The lowest BCUT2D eigenvalue weighted by atomic mass is 10.1. The maximum absolute atomic E-state index is 5.98. The van der Waals surface area contributed by atoms with Gasteiger partial charge in [-0.15, -0.1) is 11.6 Å².